The van der Waals surface area contributed by atoms with Gasteiger partial charge in [0.15, 0.2) is 11.5 Å². The Balaban J connectivity index is 1.64. The standard InChI is InChI=1S/C26H24N2O5/c1-33-24-15-20(11-12-23(24)29)22-16-21(27-28(22)25(30)13-14-26(31)32)19-9-7-18(8-10-19)17-5-3-2-4-6-17/h2-12,15,22,29H,13-14,16H2,1H3,(H,31,32). The molecule has 7 heteroatoms. The van der Waals surface area contributed by atoms with E-state index in [-0.39, 0.29) is 24.5 Å². The minimum absolute atomic E-state index is 0.000596. The van der Waals surface area contributed by atoms with E-state index in [1.807, 2.05) is 54.6 Å². The number of ether oxygens (including phenoxy) is 1. The molecule has 1 aliphatic rings. The zero-order chi connectivity index (χ0) is 23.4. The smallest absolute Gasteiger partial charge is 0.303 e. The molecule has 0 saturated carbocycles. The minimum atomic E-state index is -1.04. The van der Waals surface area contributed by atoms with Crippen LogP contribution in [-0.4, -0.2) is 39.9 Å². The molecular formula is C26H24N2O5. The summed E-state index contributed by atoms with van der Waals surface area (Å²) >= 11 is 0. The lowest BCUT2D eigenvalue weighted by atomic mass is 9.96. The second-order valence-corrected chi connectivity index (χ2v) is 7.77. The van der Waals surface area contributed by atoms with Crippen LogP contribution in [0.15, 0.2) is 77.9 Å². The fraction of sp³-hybridized carbons (Fsp3) is 0.192. The Bertz CT molecular complexity index is 1190. The minimum Gasteiger partial charge on any atom is -0.504 e. The summed E-state index contributed by atoms with van der Waals surface area (Å²) in [7, 11) is 1.46. The number of amides is 1. The van der Waals surface area contributed by atoms with E-state index in [1.165, 1.54) is 18.2 Å². The lowest BCUT2D eigenvalue weighted by Crippen LogP contribution is -2.27. The molecule has 0 radical (unpaired) electrons. The predicted molar refractivity (Wildman–Crippen MR) is 124 cm³/mol. The van der Waals surface area contributed by atoms with Crippen molar-refractivity contribution < 1.29 is 24.5 Å². The summed E-state index contributed by atoms with van der Waals surface area (Å²) in [5.74, 6) is -1.11. The average Bonchev–Trinajstić information content (AvgIpc) is 3.29. The highest BCUT2D eigenvalue weighted by atomic mass is 16.5. The number of carbonyl (C=O) groups is 2. The molecular weight excluding hydrogens is 420 g/mol. The predicted octanol–water partition coefficient (Wildman–Crippen LogP) is 4.61. The van der Waals surface area contributed by atoms with E-state index in [4.69, 9.17) is 9.84 Å². The molecule has 1 atom stereocenters. The van der Waals surface area contributed by atoms with Crippen LogP contribution in [0.4, 0.5) is 0 Å². The summed E-state index contributed by atoms with van der Waals surface area (Å²) in [6.45, 7) is 0. The second-order valence-electron chi connectivity index (χ2n) is 7.77. The number of methoxy groups -OCH3 is 1. The number of carbonyl (C=O) groups excluding carboxylic acids is 1. The summed E-state index contributed by atoms with van der Waals surface area (Å²) < 4.78 is 5.22. The Kier molecular flexibility index (Phi) is 6.40. The van der Waals surface area contributed by atoms with Crippen molar-refractivity contribution in [1.29, 1.82) is 0 Å². The number of aromatic hydroxyl groups is 1. The molecule has 3 aromatic rings. The molecule has 0 spiro atoms. The number of nitrogens with zero attached hydrogens (tertiary/aromatic N) is 2. The first-order valence-corrected chi connectivity index (χ1v) is 10.6. The van der Waals surface area contributed by atoms with E-state index in [0.29, 0.717) is 12.2 Å². The molecule has 7 nitrogen and oxygen atoms in total. The van der Waals surface area contributed by atoms with E-state index in [0.717, 1.165) is 28.0 Å². The number of phenols is 1. The van der Waals surface area contributed by atoms with Gasteiger partial charge in [-0.3, -0.25) is 9.59 Å². The van der Waals surface area contributed by atoms with Gasteiger partial charge in [-0.15, -0.1) is 0 Å². The van der Waals surface area contributed by atoms with Crippen LogP contribution in [0.3, 0.4) is 0 Å². The third kappa shape index (κ3) is 4.87. The van der Waals surface area contributed by atoms with Crippen molar-refractivity contribution in [3.05, 3.63) is 83.9 Å². The summed E-state index contributed by atoms with van der Waals surface area (Å²) in [6.07, 6.45) is 0.0414. The number of carboxylic acids is 1. The molecule has 0 aliphatic carbocycles. The molecule has 0 aromatic heterocycles. The van der Waals surface area contributed by atoms with Gasteiger partial charge in [0, 0.05) is 12.8 Å². The molecule has 0 fully saturated rings. The van der Waals surface area contributed by atoms with E-state index >= 15 is 0 Å². The molecule has 3 aromatic carbocycles. The summed E-state index contributed by atoms with van der Waals surface area (Å²) in [4.78, 5) is 23.8. The van der Waals surface area contributed by atoms with Crippen molar-refractivity contribution in [1.82, 2.24) is 5.01 Å². The van der Waals surface area contributed by atoms with Gasteiger partial charge >= 0.3 is 5.97 Å². The second kappa shape index (κ2) is 9.56. The lowest BCUT2D eigenvalue weighted by molar-refractivity contribution is -0.141. The van der Waals surface area contributed by atoms with Gasteiger partial charge in [0.1, 0.15) is 0 Å². The van der Waals surface area contributed by atoms with Crippen LogP contribution in [0.25, 0.3) is 11.1 Å². The van der Waals surface area contributed by atoms with Crippen molar-refractivity contribution in [3.63, 3.8) is 0 Å². The summed E-state index contributed by atoms with van der Waals surface area (Å²) in [5.41, 5.74) is 4.55. The molecule has 1 heterocycles. The van der Waals surface area contributed by atoms with Crippen LogP contribution in [0.1, 0.15) is 36.4 Å². The van der Waals surface area contributed by atoms with Crippen LogP contribution in [0.5, 0.6) is 11.5 Å². The van der Waals surface area contributed by atoms with Crippen LogP contribution < -0.4 is 4.74 Å². The molecule has 1 unspecified atom stereocenters. The number of benzene rings is 3. The molecule has 2 N–H and O–H groups in total. The van der Waals surface area contributed by atoms with Gasteiger partial charge in [-0.1, -0.05) is 60.7 Å². The molecule has 0 saturated heterocycles. The van der Waals surface area contributed by atoms with Crippen molar-refractivity contribution in [3.8, 4) is 22.6 Å². The maximum atomic E-state index is 12.8. The highest BCUT2D eigenvalue weighted by molar-refractivity contribution is 6.03. The van der Waals surface area contributed by atoms with Crippen molar-refractivity contribution in [2.75, 3.05) is 7.11 Å². The normalized spacial score (nSPS) is 15.2. The van der Waals surface area contributed by atoms with E-state index in [9.17, 15) is 14.7 Å². The van der Waals surface area contributed by atoms with E-state index < -0.39 is 12.0 Å². The molecule has 168 valence electrons. The fourth-order valence-electron chi connectivity index (χ4n) is 3.89. The Hall–Kier alpha value is -4.13. The number of hydrogen-bond acceptors (Lipinski definition) is 5. The van der Waals surface area contributed by atoms with E-state index in [1.54, 1.807) is 12.1 Å². The Morgan fingerprint density at radius 3 is 2.30 bits per heavy atom. The fourth-order valence-corrected chi connectivity index (χ4v) is 3.89. The Morgan fingerprint density at radius 1 is 0.970 bits per heavy atom. The topological polar surface area (TPSA) is 99.4 Å². The third-order valence-corrected chi connectivity index (χ3v) is 5.63. The first-order valence-electron chi connectivity index (χ1n) is 10.6. The van der Waals surface area contributed by atoms with Crippen LogP contribution >= 0.6 is 0 Å². The van der Waals surface area contributed by atoms with Crippen molar-refractivity contribution >= 4 is 17.6 Å². The van der Waals surface area contributed by atoms with Crippen LogP contribution in [0.2, 0.25) is 0 Å². The van der Waals surface area contributed by atoms with Gasteiger partial charge in [0.2, 0.25) is 5.91 Å². The quantitative estimate of drug-likeness (QED) is 0.554. The van der Waals surface area contributed by atoms with Gasteiger partial charge in [0.05, 0.1) is 25.3 Å². The molecule has 1 aliphatic heterocycles. The molecule has 4 rings (SSSR count). The number of phenolic OH excluding ortho intramolecular Hbond substituents is 1. The van der Waals surface area contributed by atoms with Crippen LogP contribution in [-0.2, 0) is 9.59 Å². The monoisotopic (exact) mass is 444 g/mol. The van der Waals surface area contributed by atoms with Crippen molar-refractivity contribution in [2.24, 2.45) is 5.10 Å². The number of hydrazone groups is 1. The Labute approximate surface area is 191 Å². The highest BCUT2D eigenvalue weighted by Gasteiger charge is 2.33. The van der Waals surface area contributed by atoms with Gasteiger partial charge in [-0.05, 0) is 34.4 Å². The van der Waals surface area contributed by atoms with Gasteiger partial charge in [-0.2, -0.15) is 5.10 Å². The summed E-state index contributed by atoms with van der Waals surface area (Å²) in [6, 6.07) is 22.5. The SMILES string of the molecule is COc1cc(C2CC(c3ccc(-c4ccccc4)cc3)=NN2C(=O)CCC(=O)O)ccc1O. The maximum Gasteiger partial charge on any atom is 0.303 e. The number of hydrogen-bond donors (Lipinski definition) is 2. The third-order valence-electron chi connectivity index (χ3n) is 5.63. The number of aliphatic carboxylic acids is 1. The lowest BCUT2D eigenvalue weighted by Gasteiger charge is -2.22. The molecule has 0 bridgehead atoms. The zero-order valence-electron chi connectivity index (χ0n) is 18.1. The summed E-state index contributed by atoms with van der Waals surface area (Å²) in [5, 5.41) is 24.9. The number of rotatable bonds is 7. The molecule has 33 heavy (non-hydrogen) atoms. The first-order chi connectivity index (χ1) is 16.0. The highest BCUT2D eigenvalue weighted by Crippen LogP contribution is 2.37. The largest absolute Gasteiger partial charge is 0.504 e. The van der Waals surface area contributed by atoms with Crippen LogP contribution in [0, 0.1) is 0 Å². The Morgan fingerprint density at radius 2 is 1.64 bits per heavy atom. The van der Waals surface area contributed by atoms with Crippen molar-refractivity contribution in [2.45, 2.75) is 25.3 Å². The van der Waals surface area contributed by atoms with Gasteiger partial charge in [-0.25, -0.2) is 5.01 Å². The van der Waals surface area contributed by atoms with Gasteiger partial charge in [0.25, 0.3) is 0 Å². The molecule has 1 amide bonds. The van der Waals surface area contributed by atoms with Gasteiger partial charge < -0.3 is 14.9 Å². The zero-order valence-corrected chi connectivity index (χ0v) is 18.1. The first kappa shape index (κ1) is 22.1. The average molecular weight is 444 g/mol. The number of carboxylic acid groups (broad SMARTS) is 1. The van der Waals surface area contributed by atoms with E-state index in [2.05, 4.69) is 5.10 Å². The maximum absolute atomic E-state index is 12.8.